The van der Waals surface area contributed by atoms with Crippen LogP contribution in [-0.4, -0.2) is 7.28 Å². The first-order valence-electron chi connectivity index (χ1n) is 8.68. The van der Waals surface area contributed by atoms with Crippen LogP contribution in [0.2, 0.25) is 6.32 Å². The molecule has 0 amide bonds. The molecule has 0 heterocycles. The van der Waals surface area contributed by atoms with Gasteiger partial charge in [0.05, 0.1) is 0 Å². The number of nitrogens with one attached hydrogen (secondary N) is 1. The molecule has 2 aromatic carbocycles. The third-order valence-corrected chi connectivity index (χ3v) is 4.23. The average Bonchev–Trinajstić information content (AvgIpc) is 2.59. The van der Waals surface area contributed by atoms with E-state index in [1.807, 2.05) is 24.3 Å². The van der Waals surface area contributed by atoms with Gasteiger partial charge in [0.1, 0.15) is 0 Å². The fourth-order valence-electron chi connectivity index (χ4n) is 2.79. The first-order valence-corrected chi connectivity index (χ1v) is 8.68. The van der Waals surface area contributed by atoms with Crippen molar-refractivity contribution in [1.29, 1.82) is 0 Å². The summed E-state index contributed by atoms with van der Waals surface area (Å²) in [6.07, 6.45) is 3.34. The largest absolute Gasteiger partial charge is 0.399 e. The molecule has 0 fully saturated rings. The van der Waals surface area contributed by atoms with Gasteiger partial charge in [-0.05, 0) is 35.7 Å². The number of nitrogen functional groups attached to an aromatic ring is 1. The SMILES string of the molecule is C=C(BCCC)c1ccc(C(=C)Nc2cccc(N)c2)c(CC)c1. The highest BCUT2D eigenvalue weighted by Crippen LogP contribution is 2.25. The highest BCUT2D eigenvalue weighted by molar-refractivity contribution is 6.60. The Bertz CT molecular complexity index is 734. The van der Waals surface area contributed by atoms with Crippen molar-refractivity contribution in [3.8, 4) is 0 Å². The van der Waals surface area contributed by atoms with Crippen molar-refractivity contribution in [3.63, 3.8) is 0 Å². The predicted octanol–water partition coefficient (Wildman–Crippen LogP) is 5.15. The molecule has 0 aliphatic rings. The Morgan fingerprint density at radius 2 is 1.92 bits per heavy atom. The topological polar surface area (TPSA) is 38.0 Å². The normalized spacial score (nSPS) is 10.2. The Morgan fingerprint density at radius 1 is 1.12 bits per heavy atom. The summed E-state index contributed by atoms with van der Waals surface area (Å²) >= 11 is 0. The average molecular weight is 318 g/mol. The Balaban J connectivity index is 2.20. The number of rotatable bonds is 8. The van der Waals surface area contributed by atoms with Gasteiger partial charge in [0.2, 0.25) is 0 Å². The molecule has 0 radical (unpaired) electrons. The minimum Gasteiger partial charge on any atom is -0.399 e. The molecule has 0 atom stereocenters. The molecule has 0 aliphatic heterocycles. The van der Waals surface area contributed by atoms with Crippen LogP contribution in [0.3, 0.4) is 0 Å². The number of hydrogen-bond donors (Lipinski definition) is 2. The highest BCUT2D eigenvalue weighted by atomic mass is 14.9. The molecule has 0 spiro atoms. The summed E-state index contributed by atoms with van der Waals surface area (Å²) in [6, 6.07) is 14.3. The van der Waals surface area contributed by atoms with Gasteiger partial charge in [-0.15, -0.1) is 6.58 Å². The zero-order chi connectivity index (χ0) is 17.5. The van der Waals surface area contributed by atoms with Gasteiger partial charge in [-0.25, -0.2) is 0 Å². The van der Waals surface area contributed by atoms with E-state index in [1.165, 1.54) is 29.3 Å². The fraction of sp³-hybridized carbons (Fsp3) is 0.238. The summed E-state index contributed by atoms with van der Waals surface area (Å²) in [5.41, 5.74) is 13.3. The van der Waals surface area contributed by atoms with Crippen LogP contribution in [0.4, 0.5) is 11.4 Å². The molecule has 2 rings (SSSR count). The van der Waals surface area contributed by atoms with Gasteiger partial charge in [0.25, 0.3) is 0 Å². The summed E-state index contributed by atoms with van der Waals surface area (Å²) in [5, 5.41) is 3.36. The number of aryl methyl sites for hydroxylation is 1. The van der Waals surface area contributed by atoms with Crippen LogP contribution in [0, 0.1) is 0 Å². The van der Waals surface area contributed by atoms with E-state index in [9.17, 15) is 0 Å². The number of hydrogen-bond acceptors (Lipinski definition) is 2. The zero-order valence-electron chi connectivity index (χ0n) is 14.9. The van der Waals surface area contributed by atoms with E-state index in [4.69, 9.17) is 5.73 Å². The molecular formula is C21H27BN2. The molecule has 3 N–H and O–H groups in total. The molecule has 0 saturated carbocycles. The van der Waals surface area contributed by atoms with Crippen molar-refractivity contribution < 1.29 is 0 Å². The fourth-order valence-corrected chi connectivity index (χ4v) is 2.79. The monoisotopic (exact) mass is 318 g/mol. The Labute approximate surface area is 146 Å². The minimum absolute atomic E-state index is 0.742. The van der Waals surface area contributed by atoms with Gasteiger partial charge in [0.15, 0.2) is 7.28 Å². The van der Waals surface area contributed by atoms with Crippen molar-refractivity contribution in [1.82, 2.24) is 0 Å². The first kappa shape index (κ1) is 17.9. The van der Waals surface area contributed by atoms with E-state index in [0.29, 0.717) is 0 Å². The molecule has 3 heteroatoms. The molecular weight excluding hydrogens is 291 g/mol. The van der Waals surface area contributed by atoms with Crippen LogP contribution in [0.1, 0.15) is 37.0 Å². The number of nitrogens with two attached hydrogens (primary N) is 1. The summed E-state index contributed by atoms with van der Waals surface area (Å²) in [6.45, 7) is 12.8. The molecule has 0 bridgehead atoms. The quantitative estimate of drug-likeness (QED) is 0.522. The van der Waals surface area contributed by atoms with E-state index in [2.05, 4.69) is 50.5 Å². The van der Waals surface area contributed by atoms with Crippen LogP contribution >= 0.6 is 0 Å². The second-order valence-electron chi connectivity index (χ2n) is 6.16. The predicted molar refractivity (Wildman–Crippen MR) is 111 cm³/mol. The lowest BCUT2D eigenvalue weighted by Crippen LogP contribution is -2.03. The second-order valence-corrected chi connectivity index (χ2v) is 6.16. The van der Waals surface area contributed by atoms with Gasteiger partial charge in [-0.1, -0.05) is 62.9 Å². The summed E-state index contributed by atoms with van der Waals surface area (Å²) in [7, 11) is 1.06. The van der Waals surface area contributed by atoms with Crippen molar-refractivity contribution >= 4 is 29.8 Å². The first-order chi connectivity index (χ1) is 11.5. The van der Waals surface area contributed by atoms with E-state index in [1.54, 1.807) is 0 Å². The van der Waals surface area contributed by atoms with E-state index in [-0.39, 0.29) is 0 Å². The van der Waals surface area contributed by atoms with E-state index < -0.39 is 0 Å². The standard InChI is InChI=1S/C21H27BN2/c1-5-12-22-15(3)18-10-11-21(17(6-2)13-18)16(4)24-20-9-7-8-19(23)14-20/h7-11,13-14,22,24H,3-6,12,23H2,1-2H3. The smallest absolute Gasteiger partial charge is 0.157 e. The molecule has 0 saturated heterocycles. The summed E-state index contributed by atoms with van der Waals surface area (Å²) in [5.74, 6) is 0. The Kier molecular flexibility index (Phi) is 6.31. The number of benzene rings is 2. The van der Waals surface area contributed by atoms with Crippen molar-refractivity contribution in [3.05, 3.63) is 72.3 Å². The van der Waals surface area contributed by atoms with E-state index >= 15 is 0 Å². The molecule has 2 nitrogen and oxygen atoms in total. The molecule has 0 unspecified atom stereocenters. The van der Waals surface area contributed by atoms with Crippen LogP contribution in [-0.2, 0) is 6.42 Å². The molecule has 2 aromatic rings. The maximum atomic E-state index is 5.84. The van der Waals surface area contributed by atoms with Crippen molar-refractivity contribution in [2.45, 2.75) is 33.0 Å². The molecule has 24 heavy (non-hydrogen) atoms. The molecule has 0 aromatic heterocycles. The van der Waals surface area contributed by atoms with E-state index in [0.717, 1.165) is 36.3 Å². The Morgan fingerprint density at radius 3 is 2.58 bits per heavy atom. The van der Waals surface area contributed by atoms with Crippen molar-refractivity contribution in [2.75, 3.05) is 11.1 Å². The minimum atomic E-state index is 0.742. The van der Waals surface area contributed by atoms with Crippen LogP contribution in [0.25, 0.3) is 11.2 Å². The van der Waals surface area contributed by atoms with Gasteiger partial charge < -0.3 is 11.1 Å². The third kappa shape index (κ3) is 4.54. The summed E-state index contributed by atoms with van der Waals surface area (Å²) < 4.78 is 0. The second kappa shape index (κ2) is 8.44. The third-order valence-electron chi connectivity index (χ3n) is 4.23. The van der Waals surface area contributed by atoms with Crippen molar-refractivity contribution in [2.24, 2.45) is 0 Å². The molecule has 0 aliphatic carbocycles. The Hall–Kier alpha value is -2.42. The van der Waals surface area contributed by atoms with Crippen LogP contribution in [0.15, 0.2) is 55.6 Å². The van der Waals surface area contributed by atoms with Gasteiger partial charge in [-0.2, -0.15) is 0 Å². The molecule has 124 valence electrons. The van der Waals surface area contributed by atoms with Gasteiger partial charge in [0, 0.05) is 22.6 Å². The number of anilines is 2. The summed E-state index contributed by atoms with van der Waals surface area (Å²) in [4.78, 5) is 0. The maximum Gasteiger partial charge on any atom is 0.157 e. The highest BCUT2D eigenvalue weighted by Gasteiger charge is 2.09. The van der Waals surface area contributed by atoms with Gasteiger partial charge >= 0.3 is 0 Å². The van der Waals surface area contributed by atoms with Crippen LogP contribution in [0.5, 0.6) is 0 Å². The lowest BCUT2D eigenvalue weighted by molar-refractivity contribution is 1.08. The van der Waals surface area contributed by atoms with Gasteiger partial charge in [-0.3, -0.25) is 0 Å². The van der Waals surface area contributed by atoms with Crippen LogP contribution < -0.4 is 11.1 Å². The maximum absolute atomic E-state index is 5.84. The lowest BCUT2D eigenvalue weighted by atomic mass is 9.64. The zero-order valence-corrected chi connectivity index (χ0v) is 14.9. The lowest BCUT2D eigenvalue weighted by Gasteiger charge is -2.16.